The normalized spacial score (nSPS) is 12.9. The lowest BCUT2D eigenvalue weighted by molar-refractivity contribution is 0.102. The fourth-order valence-electron chi connectivity index (χ4n) is 3.83. The van der Waals surface area contributed by atoms with Crippen molar-refractivity contribution in [3.63, 3.8) is 0 Å². The Hall–Kier alpha value is -3.38. The SMILES string of the molecule is CC(Cc1ccc(C(=O)Nc2cc(-c3cccs3)ccc2N)cc1)(Cc1cccnc1)O[PH+]=O. The number of aromatic nitrogens is 1. The standard InChI is InChI=1S/C26H24N3O3PS/c1-26(32-33-31,16-19-4-2-12-28-17-19)15-18-6-8-20(9-7-18)25(30)29-23-14-21(10-11-22(23)27)24-5-3-13-34-24/h2-14,17,33H,15-16,27H2,1H3/p+1. The Morgan fingerprint density at radius 3 is 2.56 bits per heavy atom. The van der Waals surface area contributed by atoms with E-state index in [1.807, 2.05) is 60.8 Å². The Morgan fingerprint density at radius 2 is 1.88 bits per heavy atom. The largest absolute Gasteiger partial charge is 0.494 e. The average Bonchev–Trinajstić information content (AvgIpc) is 3.36. The number of nitrogens with zero attached hydrogens (tertiary/aromatic N) is 1. The molecule has 4 aromatic rings. The predicted octanol–water partition coefficient (Wildman–Crippen LogP) is 6.14. The van der Waals surface area contributed by atoms with Gasteiger partial charge in [0.2, 0.25) is 0 Å². The Labute approximate surface area is 204 Å². The van der Waals surface area contributed by atoms with Gasteiger partial charge in [-0.15, -0.1) is 15.9 Å². The highest BCUT2D eigenvalue weighted by Crippen LogP contribution is 2.31. The molecular weight excluding hydrogens is 465 g/mol. The molecule has 8 heteroatoms. The van der Waals surface area contributed by atoms with E-state index in [1.54, 1.807) is 41.9 Å². The summed E-state index contributed by atoms with van der Waals surface area (Å²) >= 11 is 1.63. The summed E-state index contributed by atoms with van der Waals surface area (Å²) in [5, 5.41) is 4.93. The smallest absolute Gasteiger partial charge is 0.397 e. The van der Waals surface area contributed by atoms with Crippen LogP contribution in [0.4, 0.5) is 11.4 Å². The van der Waals surface area contributed by atoms with E-state index in [1.165, 1.54) is 0 Å². The lowest BCUT2D eigenvalue weighted by atomic mass is 9.90. The molecule has 0 saturated carbocycles. The highest BCUT2D eigenvalue weighted by atomic mass is 32.1. The van der Waals surface area contributed by atoms with E-state index in [4.69, 9.17) is 10.3 Å². The maximum Gasteiger partial charge on any atom is 0.494 e. The number of thiophene rings is 1. The molecule has 1 amide bonds. The number of carbonyl (C=O) groups is 1. The zero-order valence-corrected chi connectivity index (χ0v) is 20.5. The molecule has 0 saturated heterocycles. The number of hydrogen-bond donors (Lipinski definition) is 2. The number of anilines is 2. The Bertz CT molecular complexity index is 1260. The first kappa shape index (κ1) is 23.8. The van der Waals surface area contributed by atoms with Crippen molar-refractivity contribution in [2.24, 2.45) is 0 Å². The molecule has 0 bridgehead atoms. The maximum absolute atomic E-state index is 12.9. The maximum atomic E-state index is 12.9. The molecule has 172 valence electrons. The van der Waals surface area contributed by atoms with Crippen LogP contribution >= 0.6 is 20.0 Å². The van der Waals surface area contributed by atoms with Crippen molar-refractivity contribution in [2.45, 2.75) is 25.4 Å². The van der Waals surface area contributed by atoms with Gasteiger partial charge in [0.1, 0.15) is 5.60 Å². The number of nitrogens with one attached hydrogen (secondary N) is 1. The second-order valence-electron chi connectivity index (χ2n) is 8.28. The topological polar surface area (TPSA) is 94.3 Å². The molecule has 3 N–H and O–H groups in total. The molecule has 0 aliphatic rings. The first-order valence-corrected chi connectivity index (χ1v) is 12.4. The van der Waals surface area contributed by atoms with Crippen molar-refractivity contribution in [2.75, 3.05) is 11.1 Å². The zero-order valence-electron chi connectivity index (χ0n) is 18.7. The van der Waals surface area contributed by atoms with Crippen LogP contribution in [0.15, 0.2) is 84.5 Å². The van der Waals surface area contributed by atoms with E-state index in [-0.39, 0.29) is 5.91 Å². The minimum atomic E-state index is -0.866. The van der Waals surface area contributed by atoms with E-state index in [9.17, 15) is 9.36 Å². The second kappa shape index (κ2) is 10.7. The van der Waals surface area contributed by atoms with E-state index in [0.717, 1.165) is 21.6 Å². The van der Waals surface area contributed by atoms with Gasteiger partial charge in [-0.2, -0.15) is 0 Å². The van der Waals surface area contributed by atoms with E-state index in [0.29, 0.717) is 29.8 Å². The Morgan fingerprint density at radius 1 is 1.09 bits per heavy atom. The Kier molecular flexibility index (Phi) is 7.48. The third-order valence-electron chi connectivity index (χ3n) is 5.49. The third-order valence-corrected chi connectivity index (χ3v) is 6.99. The summed E-state index contributed by atoms with van der Waals surface area (Å²) in [4.78, 5) is 18.1. The second-order valence-corrected chi connectivity index (χ2v) is 9.60. The first-order valence-electron chi connectivity index (χ1n) is 10.7. The van der Waals surface area contributed by atoms with Crippen LogP contribution in [-0.4, -0.2) is 16.5 Å². The number of rotatable bonds is 9. The number of hydrogen-bond acceptors (Lipinski definition) is 6. The highest BCUT2D eigenvalue weighted by molar-refractivity contribution is 7.17. The van der Waals surface area contributed by atoms with Gasteiger partial charge >= 0.3 is 8.69 Å². The van der Waals surface area contributed by atoms with Crippen LogP contribution in [0.5, 0.6) is 0 Å². The molecule has 2 heterocycles. The molecular formula is C26H25N3O3PS+. The van der Waals surface area contributed by atoms with Crippen molar-refractivity contribution in [1.82, 2.24) is 4.98 Å². The number of benzene rings is 2. The highest BCUT2D eigenvalue weighted by Gasteiger charge is 2.31. The molecule has 6 nitrogen and oxygen atoms in total. The summed E-state index contributed by atoms with van der Waals surface area (Å²) in [5.74, 6) is -0.239. The molecule has 2 aromatic carbocycles. The van der Waals surface area contributed by atoms with Gasteiger partial charge in [-0.25, -0.2) is 0 Å². The summed E-state index contributed by atoms with van der Waals surface area (Å²) in [5.41, 5.74) is 10.0. The molecule has 4 rings (SSSR count). The number of nitrogens with two attached hydrogens (primary N) is 1. The van der Waals surface area contributed by atoms with Crippen LogP contribution in [0, 0.1) is 0 Å². The summed E-state index contributed by atoms with van der Waals surface area (Å²) in [6, 6.07) is 20.8. The van der Waals surface area contributed by atoms with E-state index < -0.39 is 14.3 Å². The van der Waals surface area contributed by atoms with Crippen molar-refractivity contribution in [1.29, 1.82) is 0 Å². The molecule has 2 aromatic heterocycles. The zero-order chi connectivity index (χ0) is 24.0. The predicted molar refractivity (Wildman–Crippen MR) is 139 cm³/mol. The summed E-state index contributed by atoms with van der Waals surface area (Å²) in [6.45, 7) is 1.93. The number of amides is 1. The molecule has 0 aliphatic carbocycles. The van der Waals surface area contributed by atoms with Gasteiger partial charge in [0.25, 0.3) is 5.91 Å². The number of nitrogen functional groups attached to an aromatic ring is 1. The van der Waals surface area contributed by atoms with Crippen molar-refractivity contribution < 1.29 is 13.9 Å². The van der Waals surface area contributed by atoms with Crippen molar-refractivity contribution in [3.05, 3.63) is 101 Å². The van der Waals surface area contributed by atoms with Gasteiger partial charge in [0.15, 0.2) is 0 Å². The summed E-state index contributed by atoms with van der Waals surface area (Å²) < 4.78 is 16.9. The van der Waals surface area contributed by atoms with Crippen LogP contribution in [-0.2, 0) is 21.9 Å². The molecule has 2 unspecified atom stereocenters. The van der Waals surface area contributed by atoms with Gasteiger partial charge in [-0.3, -0.25) is 9.78 Å². The van der Waals surface area contributed by atoms with Crippen LogP contribution in [0.2, 0.25) is 0 Å². The lowest BCUT2D eigenvalue weighted by Crippen LogP contribution is -2.31. The summed E-state index contributed by atoms with van der Waals surface area (Å²) in [7, 11) is -0.866. The lowest BCUT2D eigenvalue weighted by Gasteiger charge is -2.23. The van der Waals surface area contributed by atoms with E-state index in [2.05, 4.69) is 10.3 Å². The number of pyridine rings is 1. The molecule has 2 atom stereocenters. The quantitative estimate of drug-likeness (QED) is 0.217. The molecule has 34 heavy (non-hydrogen) atoms. The van der Waals surface area contributed by atoms with Crippen molar-refractivity contribution >= 4 is 37.3 Å². The van der Waals surface area contributed by atoms with Crippen LogP contribution in [0.3, 0.4) is 0 Å². The molecule has 0 spiro atoms. The summed E-state index contributed by atoms with van der Waals surface area (Å²) in [6.07, 6.45) is 4.60. The van der Waals surface area contributed by atoms with Gasteiger partial charge in [-0.05, 0) is 70.0 Å². The minimum Gasteiger partial charge on any atom is -0.397 e. The van der Waals surface area contributed by atoms with Crippen molar-refractivity contribution in [3.8, 4) is 10.4 Å². The Balaban J connectivity index is 1.46. The van der Waals surface area contributed by atoms with Gasteiger partial charge < -0.3 is 11.1 Å². The minimum absolute atomic E-state index is 0.239. The average molecular weight is 491 g/mol. The first-order chi connectivity index (χ1) is 16.5. The van der Waals surface area contributed by atoms with Crippen LogP contribution in [0.1, 0.15) is 28.4 Å². The molecule has 0 aliphatic heterocycles. The molecule has 0 fully saturated rings. The third kappa shape index (κ3) is 5.94. The van der Waals surface area contributed by atoms with Crippen LogP contribution < -0.4 is 11.1 Å². The van der Waals surface area contributed by atoms with Gasteiger partial charge in [0.05, 0.1) is 11.4 Å². The monoisotopic (exact) mass is 490 g/mol. The fraction of sp³-hybridized carbons (Fsp3) is 0.154. The van der Waals surface area contributed by atoms with Crippen LogP contribution in [0.25, 0.3) is 10.4 Å². The number of carbonyl (C=O) groups excluding carboxylic acids is 1. The fourth-order valence-corrected chi connectivity index (χ4v) is 4.90. The van der Waals surface area contributed by atoms with Gasteiger partial charge in [0, 0.05) is 35.7 Å². The van der Waals surface area contributed by atoms with E-state index >= 15 is 0 Å². The van der Waals surface area contributed by atoms with Gasteiger partial charge in [-0.1, -0.05) is 30.3 Å². The molecule has 0 radical (unpaired) electrons.